The second-order valence-corrected chi connectivity index (χ2v) is 3.00. The third-order valence-electron chi connectivity index (χ3n) is 2.06. The molecule has 0 spiro atoms. The first kappa shape index (κ1) is 7.64. The zero-order chi connectivity index (χ0) is 8.55. The monoisotopic (exact) mass is 163 g/mol. The van der Waals surface area contributed by atoms with Crippen LogP contribution in [0, 0.1) is 0 Å². The van der Waals surface area contributed by atoms with Gasteiger partial charge in [-0.25, -0.2) is 0 Å². The van der Waals surface area contributed by atoms with Gasteiger partial charge in [0.05, 0.1) is 0 Å². The van der Waals surface area contributed by atoms with Crippen molar-refractivity contribution < 1.29 is 9.76 Å². The van der Waals surface area contributed by atoms with E-state index >= 15 is 0 Å². The maximum Gasteiger partial charge on any atom is 0.312 e. The van der Waals surface area contributed by atoms with Crippen molar-refractivity contribution in [1.29, 1.82) is 0 Å². The summed E-state index contributed by atoms with van der Waals surface area (Å²) in [6, 6.07) is 5.68. The summed E-state index contributed by atoms with van der Waals surface area (Å²) in [7, 11) is 0.460. The van der Waals surface area contributed by atoms with Crippen LogP contribution in [-0.4, -0.2) is 18.9 Å². The Kier molecular flexibility index (Phi) is 1.79. The molecule has 0 aliphatic carbocycles. The molecule has 0 radical (unpaired) electrons. The number of aliphatic hydroxyl groups excluding tert-OH is 1. The number of hydrogen-bond acceptors (Lipinski definition) is 3. The van der Waals surface area contributed by atoms with Gasteiger partial charge in [0, 0.05) is 12.1 Å². The average Bonchev–Trinajstić information content (AvgIpc) is 2.05. The summed E-state index contributed by atoms with van der Waals surface area (Å²) < 4.78 is 5.06. The van der Waals surface area contributed by atoms with Gasteiger partial charge >= 0.3 is 7.48 Å². The lowest BCUT2D eigenvalue weighted by Gasteiger charge is -2.20. The van der Waals surface area contributed by atoms with Gasteiger partial charge < -0.3 is 15.5 Å². The molecule has 4 heteroatoms. The van der Waals surface area contributed by atoms with Gasteiger partial charge in [0.25, 0.3) is 0 Å². The Morgan fingerprint density at radius 1 is 1.58 bits per heavy atom. The van der Waals surface area contributed by atoms with E-state index < -0.39 is 6.29 Å². The zero-order valence-electron chi connectivity index (χ0n) is 6.66. The van der Waals surface area contributed by atoms with E-state index in [1.165, 1.54) is 0 Å². The molecular formula is C8H10BNO2. The Bertz CT molecular complexity index is 303. The van der Waals surface area contributed by atoms with Gasteiger partial charge in [0.1, 0.15) is 6.29 Å². The molecule has 0 bridgehead atoms. The summed E-state index contributed by atoms with van der Waals surface area (Å²) in [6.45, 7) is 0. The normalized spacial score (nSPS) is 21.2. The molecular weight excluding hydrogens is 153 g/mol. The van der Waals surface area contributed by atoms with Gasteiger partial charge in [0.15, 0.2) is 0 Å². The molecule has 1 aromatic rings. The molecule has 0 saturated carbocycles. The van der Waals surface area contributed by atoms with Crippen molar-refractivity contribution in [2.75, 3.05) is 5.73 Å². The Balaban J connectivity index is 2.37. The average molecular weight is 163 g/mol. The lowest BCUT2D eigenvalue weighted by atomic mass is 9.80. The molecule has 1 aromatic carbocycles. The summed E-state index contributed by atoms with van der Waals surface area (Å²) in [5, 5.41) is 9.17. The van der Waals surface area contributed by atoms with Crippen LogP contribution in [0.5, 0.6) is 0 Å². The van der Waals surface area contributed by atoms with Gasteiger partial charge in [-0.2, -0.15) is 0 Å². The van der Waals surface area contributed by atoms with Crippen LogP contribution in [0.25, 0.3) is 0 Å². The molecule has 1 unspecified atom stereocenters. The van der Waals surface area contributed by atoms with Gasteiger partial charge in [0.2, 0.25) is 0 Å². The predicted molar refractivity (Wildman–Crippen MR) is 48.4 cm³/mol. The number of fused-ring (bicyclic) bond motifs is 1. The van der Waals surface area contributed by atoms with Crippen molar-refractivity contribution >= 4 is 18.6 Å². The minimum Gasteiger partial charge on any atom is -0.411 e. The van der Waals surface area contributed by atoms with Gasteiger partial charge in [-0.15, -0.1) is 0 Å². The SMILES string of the molecule is Nc1ccc2c(c1)BOC(O)C2. The lowest BCUT2D eigenvalue weighted by Crippen LogP contribution is -2.35. The van der Waals surface area contributed by atoms with Gasteiger partial charge in [-0.05, 0) is 23.2 Å². The standard InChI is InChI=1S/C8H10BNO2/c10-6-2-1-5-3-8(11)12-9-7(5)4-6/h1-2,4,8-9,11H,3,10H2. The number of nitrogen functional groups attached to an aromatic ring is 1. The van der Waals surface area contributed by atoms with Crippen LogP contribution >= 0.6 is 0 Å². The molecule has 1 aliphatic heterocycles. The van der Waals surface area contributed by atoms with Crippen molar-refractivity contribution in [3.63, 3.8) is 0 Å². The highest BCUT2D eigenvalue weighted by Crippen LogP contribution is 2.10. The molecule has 12 heavy (non-hydrogen) atoms. The van der Waals surface area contributed by atoms with E-state index in [4.69, 9.17) is 10.4 Å². The summed E-state index contributed by atoms with van der Waals surface area (Å²) in [5.41, 5.74) is 8.55. The molecule has 1 heterocycles. The van der Waals surface area contributed by atoms with Crippen LogP contribution in [0.4, 0.5) is 5.69 Å². The molecule has 0 amide bonds. The van der Waals surface area contributed by atoms with Crippen molar-refractivity contribution in [2.24, 2.45) is 0 Å². The van der Waals surface area contributed by atoms with Gasteiger partial charge in [-0.1, -0.05) is 6.07 Å². The van der Waals surface area contributed by atoms with Crippen LogP contribution in [0.1, 0.15) is 5.56 Å². The maximum atomic E-state index is 9.17. The quantitative estimate of drug-likeness (QED) is 0.386. The van der Waals surface area contributed by atoms with Crippen molar-refractivity contribution in [2.45, 2.75) is 12.7 Å². The maximum absolute atomic E-state index is 9.17. The largest absolute Gasteiger partial charge is 0.411 e. The first-order chi connectivity index (χ1) is 5.75. The van der Waals surface area contributed by atoms with E-state index in [0.29, 0.717) is 13.9 Å². The van der Waals surface area contributed by atoms with E-state index in [1.807, 2.05) is 18.2 Å². The fourth-order valence-corrected chi connectivity index (χ4v) is 1.41. The fourth-order valence-electron chi connectivity index (χ4n) is 1.41. The highest BCUT2D eigenvalue weighted by molar-refractivity contribution is 6.48. The van der Waals surface area contributed by atoms with E-state index in [9.17, 15) is 5.11 Å². The smallest absolute Gasteiger partial charge is 0.312 e. The summed E-state index contributed by atoms with van der Waals surface area (Å²) >= 11 is 0. The second-order valence-electron chi connectivity index (χ2n) is 3.00. The first-order valence-corrected chi connectivity index (χ1v) is 3.92. The fraction of sp³-hybridized carbons (Fsp3) is 0.250. The lowest BCUT2D eigenvalue weighted by molar-refractivity contribution is -0.0154. The molecule has 1 atom stereocenters. The molecule has 0 fully saturated rings. The van der Waals surface area contributed by atoms with Crippen LogP contribution in [-0.2, 0) is 11.1 Å². The highest BCUT2D eigenvalue weighted by Gasteiger charge is 2.17. The van der Waals surface area contributed by atoms with Crippen LogP contribution in [0.3, 0.4) is 0 Å². The summed E-state index contributed by atoms with van der Waals surface area (Å²) in [4.78, 5) is 0. The van der Waals surface area contributed by atoms with E-state index in [1.54, 1.807) is 0 Å². The number of nitrogens with two attached hydrogens (primary N) is 1. The molecule has 0 aromatic heterocycles. The summed E-state index contributed by atoms with van der Waals surface area (Å²) in [6.07, 6.45) is -0.0866. The molecule has 62 valence electrons. The molecule has 1 aliphatic rings. The van der Waals surface area contributed by atoms with E-state index in [2.05, 4.69) is 0 Å². The van der Waals surface area contributed by atoms with Crippen LogP contribution in [0.15, 0.2) is 18.2 Å². The van der Waals surface area contributed by atoms with Gasteiger partial charge in [-0.3, -0.25) is 0 Å². The third-order valence-corrected chi connectivity index (χ3v) is 2.06. The zero-order valence-corrected chi connectivity index (χ0v) is 6.66. The Labute approximate surface area is 71.4 Å². The van der Waals surface area contributed by atoms with Crippen molar-refractivity contribution in [3.8, 4) is 0 Å². The number of benzene rings is 1. The second kappa shape index (κ2) is 2.81. The predicted octanol–water partition coefficient (Wildman–Crippen LogP) is -0.863. The summed E-state index contributed by atoms with van der Waals surface area (Å²) in [5.74, 6) is 0. The Morgan fingerprint density at radius 2 is 2.42 bits per heavy atom. The van der Waals surface area contributed by atoms with Crippen LogP contribution in [0.2, 0.25) is 0 Å². The molecule has 3 N–H and O–H groups in total. The first-order valence-electron chi connectivity index (χ1n) is 3.92. The third kappa shape index (κ3) is 1.31. The molecule has 0 saturated heterocycles. The van der Waals surface area contributed by atoms with Crippen LogP contribution < -0.4 is 11.2 Å². The van der Waals surface area contributed by atoms with E-state index in [0.717, 1.165) is 16.7 Å². The minimum atomic E-state index is -0.652. The minimum absolute atomic E-state index is 0.460. The highest BCUT2D eigenvalue weighted by atomic mass is 16.6. The van der Waals surface area contributed by atoms with Crippen molar-refractivity contribution in [3.05, 3.63) is 23.8 Å². The molecule has 3 nitrogen and oxygen atoms in total. The Morgan fingerprint density at radius 3 is 3.25 bits per heavy atom. The Hall–Kier alpha value is -0.995. The molecule has 2 rings (SSSR count). The van der Waals surface area contributed by atoms with Crippen molar-refractivity contribution in [1.82, 2.24) is 0 Å². The number of hydrogen-bond donors (Lipinski definition) is 2. The van der Waals surface area contributed by atoms with E-state index in [-0.39, 0.29) is 0 Å². The number of aliphatic hydroxyl groups is 1. The number of anilines is 1. The number of rotatable bonds is 0. The topological polar surface area (TPSA) is 55.5 Å².